The highest BCUT2D eigenvalue weighted by atomic mass is 32.2. The summed E-state index contributed by atoms with van der Waals surface area (Å²) in [6.07, 6.45) is 4.75. The van der Waals surface area contributed by atoms with Gasteiger partial charge < -0.3 is 21.3 Å². The highest BCUT2D eigenvalue weighted by molar-refractivity contribution is 7.99. The molecule has 0 aromatic carbocycles. The number of nitrogens with zero attached hydrogens (tertiary/aromatic N) is 1. The number of hydrogen-bond acceptors (Lipinski definition) is 6. The molecule has 2 rings (SSSR count). The second kappa shape index (κ2) is 7.20. The van der Waals surface area contributed by atoms with E-state index in [0.717, 1.165) is 29.4 Å². The first-order chi connectivity index (χ1) is 10.1. The molecule has 1 amide bonds. The molecule has 1 atom stereocenters. The maximum atomic E-state index is 12.1. The summed E-state index contributed by atoms with van der Waals surface area (Å²) < 4.78 is 0. The number of amides is 1. The lowest BCUT2D eigenvalue weighted by molar-refractivity contribution is 0.0963. The minimum Gasteiger partial charge on any atom is -0.396 e. The Labute approximate surface area is 134 Å². The molecule has 1 saturated heterocycles. The van der Waals surface area contributed by atoms with E-state index < -0.39 is 0 Å². The van der Waals surface area contributed by atoms with Crippen molar-refractivity contribution in [3.63, 3.8) is 0 Å². The fraction of sp³-hybridized carbons (Fsp3) is 0.500. The Balaban J connectivity index is 2.17. The average Bonchev–Trinajstić information content (AvgIpc) is 3.00. The molecule has 4 N–H and O–H groups in total. The van der Waals surface area contributed by atoms with E-state index in [2.05, 4.69) is 29.2 Å². The van der Waals surface area contributed by atoms with Crippen molar-refractivity contribution in [3.8, 4) is 0 Å². The Morgan fingerprint density at radius 2 is 2.43 bits per heavy atom. The first kappa shape index (κ1) is 16.2. The molecule has 5 nitrogen and oxygen atoms in total. The van der Waals surface area contributed by atoms with Crippen LogP contribution in [0, 0.1) is 0 Å². The van der Waals surface area contributed by atoms with Crippen molar-refractivity contribution in [1.82, 2.24) is 10.2 Å². The predicted octanol–water partition coefficient (Wildman–Crippen LogP) is 2.08. The molecular formula is C14H22N4OS2. The van der Waals surface area contributed by atoms with Crippen molar-refractivity contribution in [2.24, 2.45) is 0 Å². The molecule has 1 unspecified atom stereocenters. The number of likely N-dealkylation sites (tertiary alicyclic amines) is 1. The summed E-state index contributed by atoms with van der Waals surface area (Å²) in [6, 6.07) is 0.419. The number of rotatable bonds is 6. The number of anilines is 2. The van der Waals surface area contributed by atoms with Gasteiger partial charge in [0.05, 0.1) is 10.6 Å². The van der Waals surface area contributed by atoms with E-state index >= 15 is 0 Å². The summed E-state index contributed by atoms with van der Waals surface area (Å²) >= 11 is 3.01. The van der Waals surface area contributed by atoms with Crippen LogP contribution in [0.3, 0.4) is 0 Å². The minimum absolute atomic E-state index is 0.135. The molecule has 1 aliphatic rings. The van der Waals surface area contributed by atoms with Crippen molar-refractivity contribution >= 4 is 39.7 Å². The number of nitrogens with one attached hydrogen (secondary N) is 2. The smallest absolute Gasteiger partial charge is 0.263 e. The van der Waals surface area contributed by atoms with Crippen molar-refractivity contribution in [2.75, 3.05) is 44.0 Å². The third kappa shape index (κ3) is 3.72. The van der Waals surface area contributed by atoms with Gasteiger partial charge >= 0.3 is 0 Å². The first-order valence-corrected chi connectivity index (χ1v) is 8.91. The second-order valence-electron chi connectivity index (χ2n) is 5.10. The van der Waals surface area contributed by atoms with Gasteiger partial charge in [0.1, 0.15) is 9.88 Å². The van der Waals surface area contributed by atoms with Crippen LogP contribution in [0.15, 0.2) is 17.6 Å². The van der Waals surface area contributed by atoms with Crippen LogP contribution in [-0.2, 0) is 0 Å². The Morgan fingerprint density at radius 1 is 1.67 bits per heavy atom. The molecule has 1 aromatic heterocycles. The van der Waals surface area contributed by atoms with Gasteiger partial charge in [0.25, 0.3) is 5.91 Å². The quantitative estimate of drug-likeness (QED) is 0.551. The van der Waals surface area contributed by atoms with Gasteiger partial charge in [-0.25, -0.2) is 0 Å². The van der Waals surface area contributed by atoms with Crippen LogP contribution >= 0.6 is 23.1 Å². The Kier molecular flexibility index (Phi) is 5.55. The van der Waals surface area contributed by atoms with Gasteiger partial charge in [-0.3, -0.25) is 4.79 Å². The number of carbonyl (C=O) groups excluding carboxylic acids is 1. The zero-order valence-electron chi connectivity index (χ0n) is 12.4. The van der Waals surface area contributed by atoms with E-state index in [0.29, 0.717) is 23.2 Å². The van der Waals surface area contributed by atoms with Crippen LogP contribution in [0.1, 0.15) is 16.1 Å². The van der Waals surface area contributed by atoms with Crippen LogP contribution in [0.5, 0.6) is 0 Å². The molecule has 0 saturated carbocycles. The number of nitrogens with two attached hydrogens (primary N) is 1. The zero-order valence-corrected chi connectivity index (χ0v) is 14.1. The fourth-order valence-corrected chi connectivity index (χ4v) is 4.39. The summed E-state index contributed by atoms with van der Waals surface area (Å²) in [6.45, 7) is 6.16. The standard InChI is InChI=1S/C14H22N4OS2/c1-4-6-16-13(19)11-10(15)12(20-3)14(21-11)17-9-5-7-18(2)8-9/h4,9,17H,1,5-8,15H2,2-3H3,(H,16,19). The van der Waals surface area contributed by atoms with E-state index in [4.69, 9.17) is 5.73 Å². The molecule has 1 aromatic rings. The van der Waals surface area contributed by atoms with Crippen molar-refractivity contribution in [2.45, 2.75) is 17.4 Å². The van der Waals surface area contributed by atoms with E-state index in [1.165, 1.54) is 11.3 Å². The van der Waals surface area contributed by atoms with Crippen LogP contribution in [-0.4, -0.2) is 49.8 Å². The van der Waals surface area contributed by atoms with E-state index in [9.17, 15) is 4.79 Å². The molecule has 0 aliphatic carbocycles. The molecule has 1 fully saturated rings. The largest absolute Gasteiger partial charge is 0.396 e. The van der Waals surface area contributed by atoms with Gasteiger partial charge in [0.2, 0.25) is 0 Å². The molecule has 1 aliphatic heterocycles. The second-order valence-corrected chi connectivity index (χ2v) is 6.94. The Hall–Kier alpha value is -1.18. The summed E-state index contributed by atoms with van der Waals surface area (Å²) in [4.78, 5) is 16.0. The van der Waals surface area contributed by atoms with Crippen LogP contribution in [0.25, 0.3) is 0 Å². The van der Waals surface area contributed by atoms with Crippen LogP contribution in [0.4, 0.5) is 10.7 Å². The number of thiophene rings is 1. The third-order valence-electron chi connectivity index (χ3n) is 3.44. The molecule has 0 bridgehead atoms. The van der Waals surface area contributed by atoms with Gasteiger partial charge in [0.15, 0.2) is 0 Å². The summed E-state index contributed by atoms with van der Waals surface area (Å²) in [5.74, 6) is -0.135. The normalized spacial score (nSPS) is 18.7. The minimum atomic E-state index is -0.135. The molecule has 2 heterocycles. The van der Waals surface area contributed by atoms with E-state index in [-0.39, 0.29) is 5.91 Å². The van der Waals surface area contributed by atoms with Crippen LogP contribution < -0.4 is 16.4 Å². The SMILES string of the molecule is C=CCNC(=O)c1sc(NC2CCN(C)C2)c(SC)c1N. The lowest BCUT2D eigenvalue weighted by Crippen LogP contribution is -2.23. The van der Waals surface area contributed by atoms with Crippen molar-refractivity contribution in [3.05, 3.63) is 17.5 Å². The summed E-state index contributed by atoms with van der Waals surface area (Å²) in [5.41, 5.74) is 6.71. The number of likely N-dealkylation sites (N-methyl/N-ethyl adjacent to an activating group) is 1. The Bertz CT molecular complexity index is 529. The number of thioether (sulfide) groups is 1. The van der Waals surface area contributed by atoms with Gasteiger partial charge in [-0.2, -0.15) is 0 Å². The number of hydrogen-bond donors (Lipinski definition) is 3. The highest BCUT2D eigenvalue weighted by Gasteiger charge is 2.24. The maximum absolute atomic E-state index is 12.1. The van der Waals surface area contributed by atoms with Crippen molar-refractivity contribution in [1.29, 1.82) is 0 Å². The highest BCUT2D eigenvalue weighted by Crippen LogP contribution is 2.42. The number of carbonyl (C=O) groups is 1. The maximum Gasteiger partial charge on any atom is 0.263 e. The van der Waals surface area contributed by atoms with Crippen molar-refractivity contribution < 1.29 is 4.79 Å². The predicted molar refractivity (Wildman–Crippen MR) is 92.6 cm³/mol. The number of nitrogen functional groups attached to an aromatic ring is 1. The fourth-order valence-electron chi connectivity index (χ4n) is 2.38. The lowest BCUT2D eigenvalue weighted by atomic mass is 10.2. The lowest BCUT2D eigenvalue weighted by Gasteiger charge is -2.13. The van der Waals surface area contributed by atoms with Gasteiger partial charge in [-0.15, -0.1) is 29.7 Å². The molecule has 116 valence electrons. The average molecular weight is 326 g/mol. The van der Waals surface area contributed by atoms with E-state index in [1.54, 1.807) is 17.8 Å². The molecule has 7 heteroatoms. The monoisotopic (exact) mass is 326 g/mol. The van der Waals surface area contributed by atoms with Gasteiger partial charge in [0, 0.05) is 19.1 Å². The van der Waals surface area contributed by atoms with Crippen LogP contribution in [0.2, 0.25) is 0 Å². The first-order valence-electron chi connectivity index (χ1n) is 6.87. The Morgan fingerprint density at radius 3 is 3.00 bits per heavy atom. The van der Waals surface area contributed by atoms with E-state index in [1.807, 2.05) is 6.26 Å². The summed E-state index contributed by atoms with van der Waals surface area (Å²) in [7, 11) is 2.12. The molecule has 0 spiro atoms. The van der Waals surface area contributed by atoms with Gasteiger partial charge in [-0.05, 0) is 26.3 Å². The molecule has 21 heavy (non-hydrogen) atoms. The summed E-state index contributed by atoms with van der Waals surface area (Å²) in [5, 5.41) is 7.33. The third-order valence-corrected chi connectivity index (χ3v) is 5.54. The molecular weight excluding hydrogens is 304 g/mol. The topological polar surface area (TPSA) is 70.4 Å². The van der Waals surface area contributed by atoms with Gasteiger partial charge in [-0.1, -0.05) is 6.08 Å². The zero-order chi connectivity index (χ0) is 15.4. The molecule has 0 radical (unpaired) electrons.